The quantitative estimate of drug-likeness (QED) is 0.284. The van der Waals surface area contributed by atoms with E-state index in [0.29, 0.717) is 40.1 Å². The van der Waals surface area contributed by atoms with Crippen molar-refractivity contribution in [2.75, 3.05) is 16.0 Å². The fourth-order valence-electron chi connectivity index (χ4n) is 3.49. The third-order valence-electron chi connectivity index (χ3n) is 5.28. The standard InChI is InChI=1S/C23H22F2N12/c1-12(19-26-6-14(24)7-27-19)31-17-5-4-16-21(33-17)35-23(32-13(2)20-28-8-15(25)9-29-20)36-22(16)34-18-10-37(3)11-30-18/h4-13H,1-3H3,(H3,31,32,33,34,35,36). The number of aryl methyl sites for hydroxylation is 1. The monoisotopic (exact) mass is 504 g/mol. The van der Waals surface area contributed by atoms with E-state index in [2.05, 4.69) is 55.8 Å². The van der Waals surface area contributed by atoms with E-state index in [4.69, 9.17) is 0 Å². The van der Waals surface area contributed by atoms with Crippen LogP contribution in [-0.4, -0.2) is 44.4 Å². The second-order valence-corrected chi connectivity index (χ2v) is 8.26. The summed E-state index contributed by atoms with van der Waals surface area (Å²) in [6.07, 6.45) is 7.90. The molecule has 0 spiro atoms. The molecule has 2 unspecified atom stereocenters. The van der Waals surface area contributed by atoms with Gasteiger partial charge in [0.05, 0.1) is 48.6 Å². The van der Waals surface area contributed by atoms with Crippen molar-refractivity contribution in [1.82, 2.24) is 44.4 Å². The van der Waals surface area contributed by atoms with E-state index in [1.807, 2.05) is 33.2 Å². The minimum absolute atomic E-state index is 0.255. The van der Waals surface area contributed by atoms with E-state index in [0.717, 1.165) is 24.8 Å². The van der Waals surface area contributed by atoms with Gasteiger partial charge in [-0.15, -0.1) is 0 Å². The van der Waals surface area contributed by atoms with Crippen LogP contribution in [0.2, 0.25) is 0 Å². The summed E-state index contributed by atoms with van der Waals surface area (Å²) in [5.41, 5.74) is 0.389. The molecule has 0 saturated carbocycles. The van der Waals surface area contributed by atoms with Crippen molar-refractivity contribution in [1.29, 1.82) is 0 Å². The van der Waals surface area contributed by atoms with E-state index in [1.165, 1.54) is 0 Å². The van der Waals surface area contributed by atoms with Gasteiger partial charge in [-0.1, -0.05) is 0 Å². The van der Waals surface area contributed by atoms with E-state index in [9.17, 15) is 8.78 Å². The molecule has 3 N–H and O–H groups in total. The number of hydrogen-bond acceptors (Lipinski definition) is 11. The van der Waals surface area contributed by atoms with Crippen LogP contribution in [0, 0.1) is 11.6 Å². The Morgan fingerprint density at radius 3 is 1.97 bits per heavy atom. The van der Waals surface area contributed by atoms with Gasteiger partial charge in [0.1, 0.15) is 29.1 Å². The van der Waals surface area contributed by atoms with Gasteiger partial charge in [-0.3, -0.25) is 0 Å². The van der Waals surface area contributed by atoms with Crippen LogP contribution in [0.4, 0.5) is 32.2 Å². The molecule has 5 heterocycles. The zero-order valence-corrected chi connectivity index (χ0v) is 20.1. The predicted octanol–water partition coefficient (Wildman–Crippen LogP) is 3.71. The first-order valence-corrected chi connectivity index (χ1v) is 11.3. The maximum atomic E-state index is 13.2. The first-order valence-electron chi connectivity index (χ1n) is 11.3. The summed E-state index contributed by atoms with van der Waals surface area (Å²) in [6, 6.07) is 2.84. The molecule has 0 fully saturated rings. The van der Waals surface area contributed by atoms with Gasteiger partial charge in [0.25, 0.3) is 0 Å². The third-order valence-corrected chi connectivity index (χ3v) is 5.28. The molecule has 5 aromatic rings. The minimum atomic E-state index is -0.524. The number of nitrogens with one attached hydrogen (secondary N) is 3. The first-order chi connectivity index (χ1) is 17.8. The van der Waals surface area contributed by atoms with Crippen LogP contribution in [0.1, 0.15) is 37.6 Å². The van der Waals surface area contributed by atoms with Crippen LogP contribution in [-0.2, 0) is 7.05 Å². The third kappa shape index (κ3) is 5.52. The Balaban J connectivity index is 1.47. The first kappa shape index (κ1) is 23.8. The minimum Gasteiger partial charge on any atom is -0.360 e. The Kier molecular flexibility index (Phi) is 6.45. The number of hydrogen-bond donors (Lipinski definition) is 3. The number of fused-ring (bicyclic) bond motifs is 1. The Morgan fingerprint density at radius 2 is 1.38 bits per heavy atom. The van der Waals surface area contributed by atoms with Crippen molar-refractivity contribution in [3.8, 4) is 0 Å². The zero-order valence-electron chi connectivity index (χ0n) is 20.1. The molecule has 0 aromatic carbocycles. The van der Waals surface area contributed by atoms with Crippen LogP contribution in [0.3, 0.4) is 0 Å². The van der Waals surface area contributed by atoms with Crippen molar-refractivity contribution in [3.05, 3.63) is 72.7 Å². The van der Waals surface area contributed by atoms with Gasteiger partial charge in [-0.05, 0) is 26.0 Å². The van der Waals surface area contributed by atoms with E-state index >= 15 is 0 Å². The Hall–Kier alpha value is -4.88. The van der Waals surface area contributed by atoms with Gasteiger partial charge in [0.2, 0.25) is 5.95 Å². The predicted molar refractivity (Wildman–Crippen MR) is 132 cm³/mol. The molecular weight excluding hydrogens is 482 g/mol. The lowest BCUT2D eigenvalue weighted by atomic mass is 10.2. The number of rotatable bonds is 8. The van der Waals surface area contributed by atoms with Crippen molar-refractivity contribution in [3.63, 3.8) is 0 Å². The highest BCUT2D eigenvalue weighted by Crippen LogP contribution is 2.27. The molecule has 5 aromatic heterocycles. The summed E-state index contributed by atoms with van der Waals surface area (Å²) in [7, 11) is 1.86. The van der Waals surface area contributed by atoms with Gasteiger partial charge in [-0.2, -0.15) is 9.97 Å². The van der Waals surface area contributed by atoms with Crippen LogP contribution in [0.25, 0.3) is 11.0 Å². The lowest BCUT2D eigenvalue weighted by Crippen LogP contribution is -2.14. The molecule has 37 heavy (non-hydrogen) atoms. The lowest BCUT2D eigenvalue weighted by Gasteiger charge is -2.16. The fraction of sp³-hybridized carbons (Fsp3) is 0.217. The maximum absolute atomic E-state index is 13.2. The van der Waals surface area contributed by atoms with Crippen LogP contribution >= 0.6 is 0 Å². The van der Waals surface area contributed by atoms with Gasteiger partial charge < -0.3 is 20.5 Å². The van der Waals surface area contributed by atoms with E-state index < -0.39 is 17.7 Å². The number of aromatic nitrogens is 9. The Labute approximate surface area is 209 Å². The summed E-state index contributed by atoms with van der Waals surface area (Å²) >= 11 is 0. The fourth-order valence-corrected chi connectivity index (χ4v) is 3.49. The normalized spacial score (nSPS) is 12.8. The number of halogens is 2. The van der Waals surface area contributed by atoms with Crippen molar-refractivity contribution in [2.45, 2.75) is 25.9 Å². The van der Waals surface area contributed by atoms with Crippen LogP contribution in [0.15, 0.2) is 49.4 Å². The summed E-state index contributed by atoms with van der Waals surface area (Å²) in [5.74, 6) is 1.59. The summed E-state index contributed by atoms with van der Waals surface area (Å²) < 4.78 is 28.2. The molecule has 0 bridgehead atoms. The van der Waals surface area contributed by atoms with Gasteiger partial charge in [0, 0.05) is 13.2 Å². The molecule has 188 valence electrons. The van der Waals surface area contributed by atoms with E-state index in [1.54, 1.807) is 17.0 Å². The molecule has 0 aliphatic rings. The molecule has 0 amide bonds. The molecule has 12 nitrogen and oxygen atoms in total. The molecule has 0 radical (unpaired) electrons. The number of nitrogens with zero attached hydrogens (tertiary/aromatic N) is 9. The second-order valence-electron chi connectivity index (χ2n) is 8.26. The molecule has 5 rings (SSSR count). The lowest BCUT2D eigenvalue weighted by molar-refractivity contribution is 0.604. The number of pyridine rings is 1. The van der Waals surface area contributed by atoms with Gasteiger partial charge in [0.15, 0.2) is 17.3 Å². The van der Waals surface area contributed by atoms with Crippen molar-refractivity contribution >= 4 is 34.4 Å². The van der Waals surface area contributed by atoms with Crippen LogP contribution in [0.5, 0.6) is 0 Å². The average molecular weight is 505 g/mol. The SMILES string of the molecule is CC(Nc1ccc2c(Nc3cn(C)cn3)nc(NC(C)c3ncc(F)cn3)nc2n1)c1ncc(F)cn1. The number of imidazole rings is 1. The van der Waals surface area contributed by atoms with E-state index in [-0.39, 0.29) is 12.0 Å². The summed E-state index contributed by atoms with van der Waals surface area (Å²) in [4.78, 5) is 34.2. The molecule has 0 aliphatic carbocycles. The van der Waals surface area contributed by atoms with Gasteiger partial charge in [-0.25, -0.2) is 38.7 Å². The highest BCUT2D eigenvalue weighted by Gasteiger charge is 2.16. The second kappa shape index (κ2) is 10.0. The highest BCUT2D eigenvalue weighted by atomic mass is 19.1. The van der Waals surface area contributed by atoms with Crippen molar-refractivity contribution < 1.29 is 8.78 Å². The van der Waals surface area contributed by atoms with Crippen molar-refractivity contribution in [2.24, 2.45) is 7.05 Å². The maximum Gasteiger partial charge on any atom is 0.227 e. The molecule has 0 aliphatic heterocycles. The highest BCUT2D eigenvalue weighted by molar-refractivity contribution is 5.90. The molecule has 14 heteroatoms. The molecule has 0 saturated heterocycles. The topological polar surface area (TPSA) is 144 Å². The van der Waals surface area contributed by atoms with Gasteiger partial charge >= 0.3 is 0 Å². The zero-order chi connectivity index (χ0) is 25.9. The Morgan fingerprint density at radius 1 is 0.757 bits per heavy atom. The smallest absolute Gasteiger partial charge is 0.227 e. The largest absolute Gasteiger partial charge is 0.360 e. The molecule has 2 atom stereocenters. The van der Waals surface area contributed by atoms with Crippen LogP contribution < -0.4 is 16.0 Å². The molecular formula is C23H22F2N12. The number of anilines is 4. The Bertz CT molecular complexity index is 1520. The summed E-state index contributed by atoms with van der Waals surface area (Å²) in [6.45, 7) is 3.65. The summed E-state index contributed by atoms with van der Waals surface area (Å²) in [5, 5.41) is 10.2. The average Bonchev–Trinajstić information content (AvgIpc) is 3.29.